The summed E-state index contributed by atoms with van der Waals surface area (Å²) in [5.74, 6) is 0. The molecule has 1 N–H and O–H groups in total. The average molecular weight is 298 g/mol. The van der Waals surface area contributed by atoms with Gasteiger partial charge < -0.3 is 5.32 Å². The van der Waals surface area contributed by atoms with Gasteiger partial charge in [-0.25, -0.2) is 4.98 Å². The van der Waals surface area contributed by atoms with E-state index in [1.807, 2.05) is 12.3 Å². The van der Waals surface area contributed by atoms with Gasteiger partial charge in [0.15, 0.2) is 0 Å². The summed E-state index contributed by atoms with van der Waals surface area (Å²) >= 11 is 7.44. The first-order chi connectivity index (χ1) is 8.99. The van der Waals surface area contributed by atoms with Crippen LogP contribution in [-0.2, 0) is 0 Å². The van der Waals surface area contributed by atoms with E-state index < -0.39 is 4.92 Å². The normalized spacial score (nSPS) is 12.2. The molecule has 0 aliphatic carbocycles. The smallest absolute Gasteiger partial charge is 0.288 e. The minimum Gasteiger partial charge on any atom is -0.377 e. The van der Waals surface area contributed by atoms with Gasteiger partial charge in [0.2, 0.25) is 0 Å². The average Bonchev–Trinajstić information content (AvgIpc) is 2.86. The zero-order chi connectivity index (χ0) is 14.0. The lowest BCUT2D eigenvalue weighted by Gasteiger charge is -2.15. The number of nitrogens with zero attached hydrogens (tertiary/aromatic N) is 2. The number of nitro groups is 1. The molecule has 1 aromatic heterocycles. The lowest BCUT2D eigenvalue weighted by molar-refractivity contribution is -0.384. The molecule has 0 bridgehead atoms. The summed E-state index contributed by atoms with van der Waals surface area (Å²) in [5, 5.41) is 16.1. The summed E-state index contributed by atoms with van der Waals surface area (Å²) in [6.45, 7) is 3.78. The molecule has 0 saturated carbocycles. The highest BCUT2D eigenvalue weighted by Gasteiger charge is 2.16. The van der Waals surface area contributed by atoms with Gasteiger partial charge in [0, 0.05) is 17.1 Å². The van der Waals surface area contributed by atoms with Crippen LogP contribution >= 0.6 is 22.9 Å². The predicted octanol–water partition coefficient (Wildman–Crippen LogP) is 4.19. The van der Waals surface area contributed by atoms with Gasteiger partial charge in [0.25, 0.3) is 5.69 Å². The maximum absolute atomic E-state index is 10.8. The first kappa shape index (κ1) is 13.8. The van der Waals surface area contributed by atoms with E-state index in [0.29, 0.717) is 0 Å². The number of nitrogens with one attached hydrogen (secondary N) is 1. The molecule has 0 spiro atoms. The Kier molecular flexibility index (Phi) is 4.01. The fourth-order valence-electron chi connectivity index (χ4n) is 1.70. The second-order valence-corrected chi connectivity index (χ2v) is 5.28. The standard InChI is InChI=1S/C12H12ClN3O2S/c1-7-3-12(16(17)18)9(13)4-10(7)15-8(2)11-5-19-6-14-11/h3-6,8,15H,1-2H3. The van der Waals surface area contributed by atoms with Crippen LogP contribution in [0.2, 0.25) is 5.02 Å². The van der Waals surface area contributed by atoms with Crippen LogP contribution in [-0.4, -0.2) is 9.91 Å². The first-order valence-electron chi connectivity index (χ1n) is 5.58. The molecule has 2 aromatic rings. The number of nitro benzene ring substituents is 1. The number of hydrogen-bond donors (Lipinski definition) is 1. The summed E-state index contributed by atoms with van der Waals surface area (Å²) in [4.78, 5) is 14.5. The molecule has 0 aliphatic heterocycles. The SMILES string of the molecule is Cc1cc([N+](=O)[O-])c(Cl)cc1NC(C)c1cscn1. The van der Waals surface area contributed by atoms with Crippen molar-refractivity contribution in [2.45, 2.75) is 19.9 Å². The second-order valence-electron chi connectivity index (χ2n) is 4.15. The molecular formula is C12H12ClN3O2S. The minimum absolute atomic E-state index is 0.0162. The monoisotopic (exact) mass is 297 g/mol. The van der Waals surface area contributed by atoms with Gasteiger partial charge in [-0.3, -0.25) is 10.1 Å². The number of anilines is 1. The first-order valence-corrected chi connectivity index (χ1v) is 6.90. The Morgan fingerprint density at radius 3 is 2.84 bits per heavy atom. The van der Waals surface area contributed by atoms with Crippen molar-refractivity contribution in [1.29, 1.82) is 0 Å². The van der Waals surface area contributed by atoms with Crippen molar-refractivity contribution in [3.63, 3.8) is 0 Å². The Balaban J connectivity index is 2.26. The molecule has 1 aromatic carbocycles. The molecule has 2 rings (SSSR count). The third-order valence-corrected chi connectivity index (χ3v) is 3.67. The molecule has 1 unspecified atom stereocenters. The van der Waals surface area contributed by atoms with Crippen molar-refractivity contribution in [3.8, 4) is 0 Å². The van der Waals surface area contributed by atoms with Crippen LogP contribution in [0.3, 0.4) is 0 Å². The molecule has 1 atom stereocenters. The molecule has 7 heteroatoms. The molecule has 0 fully saturated rings. The van der Waals surface area contributed by atoms with E-state index in [1.165, 1.54) is 17.4 Å². The highest BCUT2D eigenvalue weighted by molar-refractivity contribution is 7.07. The highest BCUT2D eigenvalue weighted by Crippen LogP contribution is 2.32. The van der Waals surface area contributed by atoms with Gasteiger partial charge in [-0.2, -0.15) is 0 Å². The van der Waals surface area contributed by atoms with E-state index in [2.05, 4.69) is 10.3 Å². The highest BCUT2D eigenvalue weighted by atomic mass is 35.5. The molecule has 1 heterocycles. The lowest BCUT2D eigenvalue weighted by atomic mass is 10.1. The maximum Gasteiger partial charge on any atom is 0.288 e. The molecule has 100 valence electrons. The Morgan fingerprint density at radius 1 is 1.53 bits per heavy atom. The zero-order valence-electron chi connectivity index (χ0n) is 10.4. The quantitative estimate of drug-likeness (QED) is 0.679. The van der Waals surface area contributed by atoms with Crippen molar-refractivity contribution >= 4 is 34.3 Å². The van der Waals surface area contributed by atoms with Crippen molar-refractivity contribution in [1.82, 2.24) is 4.98 Å². The van der Waals surface area contributed by atoms with E-state index in [-0.39, 0.29) is 16.8 Å². The number of halogens is 1. The molecular weight excluding hydrogens is 286 g/mol. The molecule has 0 amide bonds. The number of aryl methyl sites for hydroxylation is 1. The van der Waals surface area contributed by atoms with Crippen molar-refractivity contribution in [3.05, 3.63) is 49.4 Å². The van der Waals surface area contributed by atoms with Crippen LogP contribution in [0.15, 0.2) is 23.0 Å². The number of hydrogen-bond acceptors (Lipinski definition) is 5. The summed E-state index contributed by atoms with van der Waals surface area (Å²) in [6, 6.07) is 3.07. The number of aromatic nitrogens is 1. The van der Waals surface area contributed by atoms with Crippen LogP contribution in [0.4, 0.5) is 11.4 Å². The summed E-state index contributed by atoms with van der Waals surface area (Å²) in [6.07, 6.45) is 0. The summed E-state index contributed by atoms with van der Waals surface area (Å²) < 4.78 is 0. The van der Waals surface area contributed by atoms with Gasteiger partial charge in [-0.1, -0.05) is 11.6 Å². The second kappa shape index (κ2) is 5.54. The molecule has 5 nitrogen and oxygen atoms in total. The van der Waals surface area contributed by atoms with Crippen molar-refractivity contribution < 1.29 is 4.92 Å². The third kappa shape index (κ3) is 3.02. The fourth-order valence-corrected chi connectivity index (χ4v) is 2.59. The van der Waals surface area contributed by atoms with Crippen LogP contribution in [0.5, 0.6) is 0 Å². The van der Waals surface area contributed by atoms with Crippen molar-refractivity contribution in [2.24, 2.45) is 0 Å². The molecule has 0 radical (unpaired) electrons. The van der Waals surface area contributed by atoms with Crippen molar-refractivity contribution in [2.75, 3.05) is 5.32 Å². The van der Waals surface area contributed by atoms with E-state index in [4.69, 9.17) is 11.6 Å². The van der Waals surface area contributed by atoms with Gasteiger partial charge in [-0.15, -0.1) is 11.3 Å². The van der Waals surface area contributed by atoms with Crippen LogP contribution < -0.4 is 5.32 Å². The minimum atomic E-state index is -0.483. The van der Waals surface area contributed by atoms with E-state index >= 15 is 0 Å². The predicted molar refractivity (Wildman–Crippen MR) is 77.0 cm³/mol. The van der Waals surface area contributed by atoms with Gasteiger partial charge in [0.1, 0.15) is 5.02 Å². The van der Waals surface area contributed by atoms with Gasteiger partial charge >= 0.3 is 0 Å². The fraction of sp³-hybridized carbons (Fsp3) is 0.250. The lowest BCUT2D eigenvalue weighted by Crippen LogP contribution is -2.08. The van der Waals surface area contributed by atoms with Crippen LogP contribution in [0, 0.1) is 17.0 Å². The van der Waals surface area contributed by atoms with Gasteiger partial charge in [0.05, 0.1) is 22.2 Å². The molecule has 19 heavy (non-hydrogen) atoms. The Labute approximate surface area is 119 Å². The zero-order valence-corrected chi connectivity index (χ0v) is 12.0. The molecule has 0 aliphatic rings. The number of benzene rings is 1. The van der Waals surface area contributed by atoms with Crippen LogP contribution in [0.1, 0.15) is 24.2 Å². The Hall–Kier alpha value is -1.66. The molecule has 0 saturated heterocycles. The number of rotatable bonds is 4. The largest absolute Gasteiger partial charge is 0.377 e. The topological polar surface area (TPSA) is 68.1 Å². The van der Waals surface area contributed by atoms with Crippen LogP contribution in [0.25, 0.3) is 0 Å². The van der Waals surface area contributed by atoms with E-state index in [1.54, 1.807) is 18.5 Å². The Morgan fingerprint density at radius 2 is 2.26 bits per heavy atom. The van der Waals surface area contributed by atoms with E-state index in [9.17, 15) is 10.1 Å². The maximum atomic E-state index is 10.8. The van der Waals surface area contributed by atoms with Gasteiger partial charge in [-0.05, 0) is 25.5 Å². The third-order valence-electron chi connectivity index (χ3n) is 2.76. The van der Waals surface area contributed by atoms with E-state index in [0.717, 1.165) is 16.9 Å². The Bertz CT molecular complexity index is 601. The summed E-state index contributed by atoms with van der Waals surface area (Å²) in [7, 11) is 0. The summed E-state index contributed by atoms with van der Waals surface area (Å²) in [5.41, 5.74) is 4.17. The number of thiazole rings is 1.